The third-order valence-electron chi connectivity index (χ3n) is 3.26. The Morgan fingerprint density at radius 3 is 2.25 bits per heavy atom. The minimum Gasteiger partial charge on any atom is -0.207 e. The van der Waals surface area contributed by atoms with Crippen molar-refractivity contribution in [1.82, 2.24) is 4.31 Å². The Morgan fingerprint density at radius 1 is 0.950 bits per heavy atom. The standard InChI is InChI=1S/C16H19NO2S/c1-3-14-10-7-11-16(12-14)20(18,19)17(2)13-15-8-5-4-6-9-15/h4-12H,3,13H2,1-2H3. The molecule has 0 aliphatic heterocycles. The van der Waals surface area contributed by atoms with Crippen molar-refractivity contribution in [2.45, 2.75) is 24.8 Å². The van der Waals surface area contributed by atoms with E-state index in [4.69, 9.17) is 0 Å². The maximum absolute atomic E-state index is 12.5. The van der Waals surface area contributed by atoms with E-state index >= 15 is 0 Å². The van der Waals surface area contributed by atoms with Crippen molar-refractivity contribution < 1.29 is 8.42 Å². The Balaban J connectivity index is 2.25. The zero-order chi connectivity index (χ0) is 14.6. The van der Waals surface area contributed by atoms with Crippen LogP contribution in [0.1, 0.15) is 18.1 Å². The zero-order valence-electron chi connectivity index (χ0n) is 11.8. The molecule has 4 heteroatoms. The fraction of sp³-hybridized carbons (Fsp3) is 0.250. The second-order valence-corrected chi connectivity index (χ2v) is 6.79. The van der Waals surface area contributed by atoms with Crippen LogP contribution < -0.4 is 0 Å². The zero-order valence-corrected chi connectivity index (χ0v) is 12.6. The van der Waals surface area contributed by atoms with Gasteiger partial charge in [0.05, 0.1) is 4.90 Å². The largest absolute Gasteiger partial charge is 0.243 e. The summed E-state index contributed by atoms with van der Waals surface area (Å²) in [5.74, 6) is 0. The van der Waals surface area contributed by atoms with Crippen LogP contribution in [0.25, 0.3) is 0 Å². The third-order valence-corrected chi connectivity index (χ3v) is 5.06. The minimum absolute atomic E-state index is 0.357. The molecular weight excluding hydrogens is 270 g/mol. The van der Waals surface area contributed by atoms with Gasteiger partial charge in [-0.05, 0) is 29.7 Å². The monoisotopic (exact) mass is 289 g/mol. The van der Waals surface area contributed by atoms with E-state index in [-0.39, 0.29) is 0 Å². The molecule has 0 bridgehead atoms. The van der Waals surface area contributed by atoms with Gasteiger partial charge in [0.25, 0.3) is 0 Å². The van der Waals surface area contributed by atoms with Crippen molar-refractivity contribution >= 4 is 10.0 Å². The molecule has 0 saturated carbocycles. The highest BCUT2D eigenvalue weighted by atomic mass is 32.2. The van der Waals surface area contributed by atoms with Gasteiger partial charge in [0.15, 0.2) is 0 Å². The van der Waals surface area contributed by atoms with Crippen molar-refractivity contribution in [2.75, 3.05) is 7.05 Å². The quantitative estimate of drug-likeness (QED) is 0.848. The van der Waals surface area contributed by atoms with Crippen LogP contribution in [-0.2, 0) is 23.0 Å². The first-order valence-electron chi connectivity index (χ1n) is 6.63. The second-order valence-electron chi connectivity index (χ2n) is 4.75. The summed E-state index contributed by atoms with van der Waals surface area (Å²) in [5, 5.41) is 0. The molecule has 106 valence electrons. The highest BCUT2D eigenvalue weighted by Crippen LogP contribution is 2.18. The SMILES string of the molecule is CCc1cccc(S(=O)(=O)N(C)Cc2ccccc2)c1. The van der Waals surface area contributed by atoms with Crippen LogP contribution in [0.15, 0.2) is 59.5 Å². The molecule has 0 N–H and O–H groups in total. The lowest BCUT2D eigenvalue weighted by Gasteiger charge is -2.17. The molecule has 0 amide bonds. The van der Waals surface area contributed by atoms with Gasteiger partial charge in [-0.3, -0.25) is 0 Å². The minimum atomic E-state index is -3.44. The van der Waals surface area contributed by atoms with E-state index in [1.807, 2.05) is 43.3 Å². The molecule has 0 aliphatic carbocycles. The molecule has 20 heavy (non-hydrogen) atoms. The fourth-order valence-electron chi connectivity index (χ4n) is 2.03. The molecule has 2 rings (SSSR count). The first kappa shape index (κ1) is 14.8. The van der Waals surface area contributed by atoms with Gasteiger partial charge in [-0.2, -0.15) is 4.31 Å². The van der Waals surface area contributed by atoms with Crippen LogP contribution in [0.5, 0.6) is 0 Å². The maximum Gasteiger partial charge on any atom is 0.243 e. The average Bonchev–Trinajstić information content (AvgIpc) is 2.48. The molecule has 0 fully saturated rings. The Kier molecular flexibility index (Phi) is 4.57. The summed E-state index contributed by atoms with van der Waals surface area (Å²) in [7, 11) is -1.82. The lowest BCUT2D eigenvalue weighted by Crippen LogP contribution is -2.26. The fourth-order valence-corrected chi connectivity index (χ4v) is 3.26. The van der Waals surface area contributed by atoms with Crippen LogP contribution >= 0.6 is 0 Å². The van der Waals surface area contributed by atoms with Gasteiger partial charge in [0.2, 0.25) is 10.0 Å². The first-order valence-corrected chi connectivity index (χ1v) is 8.07. The van der Waals surface area contributed by atoms with E-state index in [0.717, 1.165) is 17.5 Å². The molecule has 0 atom stereocenters. The number of aryl methyl sites for hydroxylation is 1. The van der Waals surface area contributed by atoms with Crippen molar-refractivity contribution in [3.63, 3.8) is 0 Å². The lowest BCUT2D eigenvalue weighted by atomic mass is 10.2. The topological polar surface area (TPSA) is 37.4 Å². The second kappa shape index (κ2) is 6.20. The molecule has 0 saturated heterocycles. The van der Waals surface area contributed by atoms with Crippen molar-refractivity contribution in [2.24, 2.45) is 0 Å². The Labute approximate surface area is 120 Å². The van der Waals surface area contributed by atoms with Gasteiger partial charge < -0.3 is 0 Å². The van der Waals surface area contributed by atoms with E-state index in [2.05, 4.69) is 0 Å². The summed E-state index contributed by atoms with van der Waals surface area (Å²) < 4.78 is 26.4. The van der Waals surface area contributed by atoms with Gasteiger partial charge in [0, 0.05) is 13.6 Å². The summed E-state index contributed by atoms with van der Waals surface area (Å²) in [6, 6.07) is 16.7. The molecule has 0 radical (unpaired) electrons. The van der Waals surface area contributed by atoms with E-state index in [1.165, 1.54) is 4.31 Å². The molecule has 0 spiro atoms. The molecule has 2 aromatic rings. The van der Waals surface area contributed by atoms with Crippen LogP contribution in [-0.4, -0.2) is 19.8 Å². The number of sulfonamides is 1. The maximum atomic E-state index is 12.5. The number of benzene rings is 2. The normalized spacial score (nSPS) is 11.8. The van der Waals surface area contributed by atoms with Crippen LogP contribution in [0, 0.1) is 0 Å². The predicted octanol–water partition coefficient (Wildman–Crippen LogP) is 3.07. The van der Waals surface area contributed by atoms with Crippen LogP contribution in [0.4, 0.5) is 0 Å². The highest BCUT2D eigenvalue weighted by Gasteiger charge is 2.20. The first-order chi connectivity index (χ1) is 9.54. The van der Waals surface area contributed by atoms with Gasteiger partial charge in [-0.1, -0.05) is 49.4 Å². The number of nitrogens with zero attached hydrogens (tertiary/aromatic N) is 1. The molecular formula is C16H19NO2S. The molecule has 0 aromatic heterocycles. The molecule has 0 aliphatic rings. The van der Waals surface area contributed by atoms with Gasteiger partial charge in [0.1, 0.15) is 0 Å². The molecule has 0 heterocycles. The van der Waals surface area contributed by atoms with Crippen molar-refractivity contribution in [3.05, 3.63) is 65.7 Å². The third kappa shape index (κ3) is 3.26. The van der Waals surface area contributed by atoms with E-state index in [1.54, 1.807) is 25.2 Å². The summed E-state index contributed by atoms with van der Waals surface area (Å²) in [6.45, 7) is 2.39. The summed E-state index contributed by atoms with van der Waals surface area (Å²) >= 11 is 0. The van der Waals surface area contributed by atoms with E-state index in [0.29, 0.717) is 11.4 Å². The van der Waals surface area contributed by atoms with Crippen molar-refractivity contribution in [3.8, 4) is 0 Å². The summed E-state index contributed by atoms with van der Waals surface area (Å²) in [6.07, 6.45) is 0.825. The average molecular weight is 289 g/mol. The van der Waals surface area contributed by atoms with Crippen LogP contribution in [0.3, 0.4) is 0 Å². The summed E-state index contributed by atoms with van der Waals surface area (Å²) in [5.41, 5.74) is 2.00. The smallest absolute Gasteiger partial charge is 0.207 e. The van der Waals surface area contributed by atoms with Crippen LogP contribution in [0.2, 0.25) is 0 Å². The lowest BCUT2D eigenvalue weighted by molar-refractivity contribution is 0.466. The van der Waals surface area contributed by atoms with E-state index in [9.17, 15) is 8.42 Å². The van der Waals surface area contributed by atoms with Gasteiger partial charge >= 0.3 is 0 Å². The summed E-state index contributed by atoms with van der Waals surface area (Å²) in [4.78, 5) is 0.357. The molecule has 0 unspecified atom stereocenters. The molecule has 2 aromatic carbocycles. The number of rotatable bonds is 5. The van der Waals surface area contributed by atoms with Gasteiger partial charge in [-0.15, -0.1) is 0 Å². The van der Waals surface area contributed by atoms with E-state index < -0.39 is 10.0 Å². The molecule has 3 nitrogen and oxygen atoms in total. The Bertz CT molecular complexity index is 666. The number of hydrogen-bond acceptors (Lipinski definition) is 2. The van der Waals surface area contributed by atoms with Crippen molar-refractivity contribution in [1.29, 1.82) is 0 Å². The Morgan fingerprint density at radius 2 is 1.60 bits per heavy atom. The highest BCUT2D eigenvalue weighted by molar-refractivity contribution is 7.89. The predicted molar refractivity (Wildman–Crippen MR) is 80.9 cm³/mol. The number of hydrogen-bond donors (Lipinski definition) is 0. The van der Waals surface area contributed by atoms with Gasteiger partial charge in [-0.25, -0.2) is 8.42 Å². The Hall–Kier alpha value is -1.65.